The van der Waals surface area contributed by atoms with Gasteiger partial charge in [-0.25, -0.2) is 0 Å². The summed E-state index contributed by atoms with van der Waals surface area (Å²) in [5.74, 6) is -0.809. The average molecular weight is 148 g/mol. The minimum atomic E-state index is -2.99. The summed E-state index contributed by atoms with van der Waals surface area (Å²) >= 11 is 0. The Morgan fingerprint density at radius 2 is 1.88 bits per heavy atom. The molecule has 0 spiro atoms. The zero-order valence-corrected chi connectivity index (χ0v) is 4.47. The molecule has 0 rings (SSSR count). The number of thiol groups is 1. The number of carbonyl (C=O) groups excluding carboxylic acids is 1. The Morgan fingerprint density at radius 3 is 1.88 bits per heavy atom. The van der Waals surface area contributed by atoms with Gasteiger partial charge in [-0.05, 0) is 0 Å². The first-order chi connectivity index (χ1) is 3.13. The molecule has 0 bridgehead atoms. The van der Waals surface area contributed by atoms with E-state index in [1.807, 2.05) is 0 Å². The Kier molecular flexibility index (Phi) is 7.81. The van der Waals surface area contributed by atoms with Crippen LogP contribution in [0, 0.1) is 0 Å². The number of hydrogen-bond donors (Lipinski definition) is 1. The fraction of sp³-hybridized carbons (Fsp3) is 0.500. The first-order valence-electron chi connectivity index (χ1n) is 1.46. The predicted molar refractivity (Wildman–Crippen MR) is 29.2 cm³/mol. The molecule has 0 atom stereocenters. The van der Waals surface area contributed by atoms with Crippen molar-refractivity contribution in [2.45, 2.75) is 6.92 Å². The summed E-state index contributed by atoms with van der Waals surface area (Å²) in [6.45, 7) is 1.02. The van der Waals surface area contributed by atoms with Crippen LogP contribution in [0.3, 0.4) is 0 Å². The number of hydrogen-bond acceptors (Lipinski definition) is 4. The van der Waals surface area contributed by atoms with Crippen LogP contribution in [0.2, 0.25) is 0 Å². The summed E-state index contributed by atoms with van der Waals surface area (Å²) < 4.78 is 22.4. The summed E-state index contributed by atoms with van der Waals surface area (Å²) in [4.78, 5) is 9.65. The molecule has 6 heteroatoms. The molecule has 0 amide bonds. The zero-order chi connectivity index (χ0) is 5.86. The van der Waals surface area contributed by atoms with Crippen LogP contribution in [0.25, 0.3) is 0 Å². The number of carbonyl (C=O) groups is 1. The normalized spacial score (nSPS) is 7.75. The van der Waals surface area contributed by atoms with Crippen LogP contribution < -0.4 is 0 Å². The molecule has 0 heterocycles. The van der Waals surface area contributed by atoms with Crippen LogP contribution in [0.4, 0.5) is 0 Å². The van der Waals surface area contributed by atoms with Gasteiger partial charge < -0.3 is 4.18 Å². The van der Waals surface area contributed by atoms with Gasteiger partial charge >= 0.3 is 46.5 Å². The monoisotopic (exact) mass is 148 g/mol. The van der Waals surface area contributed by atoms with Crippen molar-refractivity contribution in [3.8, 4) is 0 Å². The fourth-order valence-corrected chi connectivity index (χ4v) is 0.315. The van der Waals surface area contributed by atoms with Gasteiger partial charge in [0.15, 0.2) is 0 Å². The van der Waals surface area contributed by atoms with E-state index in [4.69, 9.17) is 0 Å². The van der Waals surface area contributed by atoms with E-state index in [9.17, 15) is 13.2 Å². The van der Waals surface area contributed by atoms with Crippen molar-refractivity contribution in [1.29, 1.82) is 0 Å². The molecule has 8 heavy (non-hydrogen) atoms. The second kappa shape index (κ2) is 5.55. The molecule has 0 aromatic carbocycles. The molecule has 0 aliphatic carbocycles. The Morgan fingerprint density at radius 1 is 1.50 bits per heavy atom. The van der Waals surface area contributed by atoms with Crippen molar-refractivity contribution in [2.75, 3.05) is 0 Å². The maximum atomic E-state index is 9.65. The Hall–Kier alpha value is 0.420. The third-order valence-corrected chi connectivity index (χ3v) is 0.609. The first kappa shape index (κ1) is 11.2. The molecule has 0 aromatic heterocycles. The van der Waals surface area contributed by atoms with Crippen LogP contribution in [0.15, 0.2) is 0 Å². The van der Waals surface area contributed by atoms with Gasteiger partial charge in [0.1, 0.15) is 0 Å². The van der Waals surface area contributed by atoms with E-state index in [0.29, 0.717) is 0 Å². The molecule has 0 aromatic rings. The van der Waals surface area contributed by atoms with E-state index in [0.717, 1.165) is 6.92 Å². The minimum absolute atomic E-state index is 0. The van der Waals surface area contributed by atoms with Crippen molar-refractivity contribution in [3.05, 3.63) is 0 Å². The second-order valence-electron chi connectivity index (χ2n) is 0.806. The summed E-state index contributed by atoms with van der Waals surface area (Å²) in [5.41, 5.74) is 0. The third kappa shape index (κ3) is 9.65. The molecule has 0 unspecified atom stereocenters. The van der Waals surface area contributed by atoms with E-state index < -0.39 is 17.0 Å². The van der Waals surface area contributed by atoms with Gasteiger partial charge in [0, 0.05) is 6.92 Å². The van der Waals surface area contributed by atoms with E-state index >= 15 is 0 Å². The van der Waals surface area contributed by atoms with E-state index in [1.165, 1.54) is 0 Å². The molecular formula is C2H5NaO4S. The fourth-order valence-electron chi connectivity index (χ4n) is 0.105. The van der Waals surface area contributed by atoms with Gasteiger partial charge in [-0.2, -0.15) is 8.42 Å². The van der Waals surface area contributed by atoms with Crippen molar-refractivity contribution in [3.63, 3.8) is 0 Å². The van der Waals surface area contributed by atoms with Crippen LogP contribution in [0.1, 0.15) is 6.92 Å². The van der Waals surface area contributed by atoms with Crippen LogP contribution in [0.5, 0.6) is 0 Å². The molecule has 0 aliphatic rings. The van der Waals surface area contributed by atoms with Crippen LogP contribution in [-0.2, 0) is 20.0 Å². The van der Waals surface area contributed by atoms with Crippen molar-refractivity contribution in [1.82, 2.24) is 0 Å². The van der Waals surface area contributed by atoms with Gasteiger partial charge in [-0.1, -0.05) is 0 Å². The van der Waals surface area contributed by atoms with Crippen molar-refractivity contribution < 1.29 is 17.4 Å². The van der Waals surface area contributed by atoms with Crippen molar-refractivity contribution in [2.24, 2.45) is 0 Å². The molecule has 0 aliphatic heterocycles. The quantitative estimate of drug-likeness (QED) is 0.360. The third-order valence-electron chi connectivity index (χ3n) is 0.203. The Balaban J connectivity index is 0. The standard InChI is InChI=1S/C2H4O4S.Na.H/c1-2(3)6-7(4)5;;/h7H,1H3;;. The van der Waals surface area contributed by atoms with E-state index in [-0.39, 0.29) is 29.6 Å². The van der Waals surface area contributed by atoms with E-state index in [1.54, 1.807) is 0 Å². The molecule has 0 fully saturated rings. The Labute approximate surface area is 70.7 Å². The molecule has 4 nitrogen and oxygen atoms in total. The van der Waals surface area contributed by atoms with Gasteiger partial charge in [0.25, 0.3) is 0 Å². The number of rotatable bonds is 1. The molecule has 0 saturated heterocycles. The molecule has 0 radical (unpaired) electrons. The summed E-state index contributed by atoms with van der Waals surface area (Å²) in [5, 5.41) is 0. The van der Waals surface area contributed by atoms with E-state index in [2.05, 4.69) is 4.18 Å². The first-order valence-corrected chi connectivity index (χ1v) is 2.55. The molecular weight excluding hydrogens is 143 g/mol. The summed E-state index contributed by atoms with van der Waals surface area (Å²) in [7, 11) is -2.99. The predicted octanol–water partition coefficient (Wildman–Crippen LogP) is -1.57. The summed E-state index contributed by atoms with van der Waals surface area (Å²) in [6, 6.07) is 0. The topological polar surface area (TPSA) is 60.4 Å². The second-order valence-corrected chi connectivity index (χ2v) is 1.44. The van der Waals surface area contributed by atoms with Gasteiger partial charge in [0.2, 0.25) is 0 Å². The maximum absolute atomic E-state index is 9.65. The van der Waals surface area contributed by atoms with Crippen LogP contribution >= 0.6 is 0 Å². The molecule has 0 N–H and O–H groups in total. The SMILES string of the molecule is CC(=O)O[SH](=O)=O.[NaH]. The van der Waals surface area contributed by atoms with Gasteiger partial charge in [-0.15, -0.1) is 0 Å². The molecule has 44 valence electrons. The Bertz CT molecular complexity index is 131. The van der Waals surface area contributed by atoms with Crippen LogP contribution in [-0.4, -0.2) is 43.9 Å². The summed E-state index contributed by atoms with van der Waals surface area (Å²) in [6.07, 6.45) is 0. The van der Waals surface area contributed by atoms with Crippen molar-refractivity contribution >= 4 is 46.5 Å². The molecule has 0 saturated carbocycles. The zero-order valence-electron chi connectivity index (χ0n) is 3.58. The average Bonchev–Trinajstić information content (AvgIpc) is 1.27. The van der Waals surface area contributed by atoms with Gasteiger partial charge in [-0.3, -0.25) is 4.79 Å². The van der Waals surface area contributed by atoms with Gasteiger partial charge in [0.05, 0.1) is 0 Å².